The maximum atomic E-state index is 13.2. The van der Waals surface area contributed by atoms with E-state index in [9.17, 15) is 4.79 Å². The number of amides is 1. The molecule has 1 aromatic heterocycles. The minimum atomic E-state index is -0.0758. The molecule has 166 valence electrons. The minimum Gasteiger partial charge on any atom is -0.494 e. The fourth-order valence-corrected chi connectivity index (χ4v) is 4.38. The van der Waals surface area contributed by atoms with Crippen LogP contribution in [0.4, 0.5) is 0 Å². The van der Waals surface area contributed by atoms with Crippen molar-refractivity contribution in [1.82, 2.24) is 14.8 Å². The Labute approximate surface area is 190 Å². The molecule has 0 saturated carbocycles. The van der Waals surface area contributed by atoms with Crippen LogP contribution in [0.2, 0.25) is 0 Å². The molecule has 1 aliphatic rings. The van der Waals surface area contributed by atoms with Crippen molar-refractivity contribution in [1.29, 1.82) is 0 Å². The number of aromatic nitrogens is 1. The average molecular weight is 430 g/mol. The molecular weight excluding hydrogens is 398 g/mol. The van der Waals surface area contributed by atoms with Gasteiger partial charge in [0, 0.05) is 45.6 Å². The smallest absolute Gasteiger partial charge is 0.227 e. The van der Waals surface area contributed by atoms with Gasteiger partial charge in [0.2, 0.25) is 5.91 Å². The van der Waals surface area contributed by atoms with Crippen LogP contribution < -0.4 is 4.74 Å². The summed E-state index contributed by atoms with van der Waals surface area (Å²) >= 11 is 0. The second-order valence-electron chi connectivity index (χ2n) is 8.37. The molecule has 2 aromatic carbocycles. The molecule has 5 heteroatoms. The van der Waals surface area contributed by atoms with Gasteiger partial charge in [-0.2, -0.15) is 0 Å². The van der Waals surface area contributed by atoms with Crippen molar-refractivity contribution in [3.63, 3.8) is 0 Å². The molecule has 0 aliphatic carbocycles. The van der Waals surface area contributed by atoms with E-state index in [-0.39, 0.29) is 11.8 Å². The van der Waals surface area contributed by atoms with Crippen molar-refractivity contribution in [3.05, 3.63) is 84.2 Å². The van der Waals surface area contributed by atoms with Crippen LogP contribution in [0, 0.1) is 5.92 Å². The summed E-state index contributed by atoms with van der Waals surface area (Å²) in [6.07, 6.45) is 4.35. The van der Waals surface area contributed by atoms with Gasteiger partial charge in [0.05, 0.1) is 12.5 Å². The van der Waals surface area contributed by atoms with Crippen LogP contribution in [0.15, 0.2) is 73.1 Å². The Kier molecular flexibility index (Phi) is 7.17. The third-order valence-electron chi connectivity index (χ3n) is 6.07. The number of rotatable bonds is 7. The van der Waals surface area contributed by atoms with E-state index in [0.29, 0.717) is 6.61 Å². The molecule has 1 amide bonds. The zero-order chi connectivity index (χ0) is 22.3. The molecule has 32 heavy (non-hydrogen) atoms. The summed E-state index contributed by atoms with van der Waals surface area (Å²) in [5.74, 6) is 1.05. The second-order valence-corrected chi connectivity index (χ2v) is 8.37. The number of likely N-dealkylation sites (N-methyl/N-ethyl adjacent to an activating group) is 1. The number of ether oxygens (including phenoxy) is 1. The van der Waals surface area contributed by atoms with Crippen molar-refractivity contribution in [3.8, 4) is 16.9 Å². The Morgan fingerprint density at radius 3 is 2.50 bits per heavy atom. The van der Waals surface area contributed by atoms with Gasteiger partial charge >= 0.3 is 0 Å². The van der Waals surface area contributed by atoms with E-state index >= 15 is 0 Å². The Balaban J connectivity index is 1.52. The molecule has 1 aliphatic heterocycles. The number of pyridine rings is 1. The largest absolute Gasteiger partial charge is 0.494 e. The number of carbonyl (C=O) groups is 1. The third kappa shape index (κ3) is 5.35. The van der Waals surface area contributed by atoms with Gasteiger partial charge in [-0.15, -0.1) is 0 Å². The lowest BCUT2D eigenvalue weighted by molar-refractivity contribution is -0.133. The molecule has 0 N–H and O–H groups in total. The van der Waals surface area contributed by atoms with E-state index in [4.69, 9.17) is 4.74 Å². The number of hydrogen-bond acceptors (Lipinski definition) is 4. The fourth-order valence-electron chi connectivity index (χ4n) is 4.38. The van der Waals surface area contributed by atoms with E-state index in [1.165, 1.54) is 16.7 Å². The lowest BCUT2D eigenvalue weighted by Gasteiger charge is -2.24. The lowest BCUT2D eigenvalue weighted by Crippen LogP contribution is -2.34. The summed E-state index contributed by atoms with van der Waals surface area (Å²) in [6, 6.07) is 20.7. The van der Waals surface area contributed by atoms with Gasteiger partial charge < -0.3 is 9.64 Å². The number of hydrogen-bond donors (Lipinski definition) is 0. The summed E-state index contributed by atoms with van der Waals surface area (Å²) in [6.45, 7) is 5.86. The van der Waals surface area contributed by atoms with Crippen LogP contribution in [0.3, 0.4) is 0 Å². The zero-order valence-corrected chi connectivity index (χ0v) is 18.9. The topological polar surface area (TPSA) is 45.7 Å². The van der Waals surface area contributed by atoms with Gasteiger partial charge in [0.1, 0.15) is 5.75 Å². The highest BCUT2D eigenvalue weighted by atomic mass is 16.5. The van der Waals surface area contributed by atoms with Gasteiger partial charge in [-0.25, -0.2) is 0 Å². The van der Waals surface area contributed by atoms with Crippen LogP contribution >= 0.6 is 0 Å². The molecule has 2 heterocycles. The highest BCUT2D eigenvalue weighted by Gasteiger charge is 2.29. The predicted molar refractivity (Wildman–Crippen MR) is 127 cm³/mol. The minimum absolute atomic E-state index is 0.0758. The zero-order valence-electron chi connectivity index (χ0n) is 18.9. The SMILES string of the molecule is CCOc1ccc(CN2CCN(C)C(=O)C(Cc3ccccc3-c3ccncc3)C2)cc1. The molecule has 1 atom stereocenters. The van der Waals surface area contributed by atoms with E-state index in [2.05, 4.69) is 46.3 Å². The quantitative estimate of drug-likeness (QED) is 0.562. The Hall–Kier alpha value is -3.18. The molecule has 4 rings (SSSR count). The van der Waals surface area contributed by atoms with Crippen LogP contribution in [0.5, 0.6) is 5.75 Å². The predicted octanol–water partition coefficient (Wildman–Crippen LogP) is 4.28. The van der Waals surface area contributed by atoms with Crippen LogP contribution in [0.25, 0.3) is 11.1 Å². The van der Waals surface area contributed by atoms with Gasteiger partial charge in [0.15, 0.2) is 0 Å². The van der Waals surface area contributed by atoms with Crippen molar-refractivity contribution in [2.24, 2.45) is 5.92 Å². The number of nitrogens with zero attached hydrogens (tertiary/aromatic N) is 3. The van der Waals surface area contributed by atoms with E-state index in [1.54, 1.807) is 0 Å². The molecule has 0 radical (unpaired) electrons. The molecular formula is C27H31N3O2. The van der Waals surface area contributed by atoms with Gasteiger partial charge in [0.25, 0.3) is 0 Å². The molecule has 0 spiro atoms. The number of benzene rings is 2. The third-order valence-corrected chi connectivity index (χ3v) is 6.07. The summed E-state index contributed by atoms with van der Waals surface area (Å²) < 4.78 is 5.56. The summed E-state index contributed by atoms with van der Waals surface area (Å²) in [5.41, 5.74) is 4.75. The van der Waals surface area contributed by atoms with E-state index < -0.39 is 0 Å². The average Bonchev–Trinajstić information content (AvgIpc) is 2.95. The molecule has 1 unspecified atom stereocenters. The van der Waals surface area contributed by atoms with E-state index in [0.717, 1.165) is 43.9 Å². The van der Waals surface area contributed by atoms with Gasteiger partial charge in [-0.3, -0.25) is 14.7 Å². The molecule has 3 aromatic rings. The molecule has 0 bridgehead atoms. The maximum Gasteiger partial charge on any atom is 0.227 e. The Morgan fingerprint density at radius 1 is 1.00 bits per heavy atom. The van der Waals surface area contributed by atoms with Crippen LogP contribution in [0.1, 0.15) is 18.1 Å². The number of carbonyl (C=O) groups excluding carboxylic acids is 1. The first-order chi connectivity index (χ1) is 15.6. The Morgan fingerprint density at radius 2 is 1.75 bits per heavy atom. The molecule has 5 nitrogen and oxygen atoms in total. The summed E-state index contributed by atoms with van der Waals surface area (Å²) in [5, 5.41) is 0. The first kappa shape index (κ1) is 22.0. The van der Waals surface area contributed by atoms with Crippen molar-refractivity contribution in [2.75, 3.05) is 33.3 Å². The monoisotopic (exact) mass is 429 g/mol. The highest BCUT2D eigenvalue weighted by Crippen LogP contribution is 2.27. The van der Waals surface area contributed by atoms with Gasteiger partial charge in [-0.05, 0) is 59.9 Å². The molecule has 1 fully saturated rings. The van der Waals surface area contributed by atoms with Gasteiger partial charge in [-0.1, -0.05) is 36.4 Å². The van der Waals surface area contributed by atoms with Crippen LogP contribution in [-0.4, -0.2) is 54.0 Å². The van der Waals surface area contributed by atoms with Crippen LogP contribution in [-0.2, 0) is 17.8 Å². The van der Waals surface area contributed by atoms with Crippen molar-refractivity contribution >= 4 is 5.91 Å². The lowest BCUT2D eigenvalue weighted by atomic mass is 9.91. The van der Waals surface area contributed by atoms with Crippen molar-refractivity contribution in [2.45, 2.75) is 19.9 Å². The van der Waals surface area contributed by atoms with Crippen molar-refractivity contribution < 1.29 is 9.53 Å². The fraction of sp³-hybridized carbons (Fsp3) is 0.333. The normalized spacial score (nSPS) is 17.2. The van der Waals surface area contributed by atoms with E-state index in [1.807, 2.05) is 55.5 Å². The Bertz CT molecular complexity index is 1020. The second kappa shape index (κ2) is 10.4. The maximum absolute atomic E-state index is 13.2. The highest BCUT2D eigenvalue weighted by molar-refractivity contribution is 5.80. The first-order valence-corrected chi connectivity index (χ1v) is 11.3. The molecule has 1 saturated heterocycles. The first-order valence-electron chi connectivity index (χ1n) is 11.3. The summed E-state index contributed by atoms with van der Waals surface area (Å²) in [4.78, 5) is 21.6. The summed E-state index contributed by atoms with van der Waals surface area (Å²) in [7, 11) is 1.92. The standard InChI is InChI=1S/C27H31N3O2/c1-3-32-25-10-8-21(9-11-25)19-30-17-16-29(2)27(31)24(20-30)18-23-6-4-5-7-26(23)22-12-14-28-15-13-22/h4-15,24H,3,16-20H2,1-2H3.